The number of amides is 1. The molecule has 7 heteroatoms. The van der Waals surface area contributed by atoms with E-state index in [-0.39, 0.29) is 11.8 Å². The summed E-state index contributed by atoms with van der Waals surface area (Å²) in [5.41, 5.74) is 4.05. The number of pyridine rings is 1. The van der Waals surface area contributed by atoms with E-state index in [0.717, 1.165) is 28.2 Å². The Morgan fingerprint density at radius 3 is 2.61 bits per heavy atom. The van der Waals surface area contributed by atoms with Crippen molar-refractivity contribution in [1.82, 2.24) is 14.8 Å². The lowest BCUT2D eigenvalue weighted by Gasteiger charge is -2.24. The van der Waals surface area contributed by atoms with E-state index in [0.29, 0.717) is 24.5 Å². The van der Waals surface area contributed by atoms with Crippen molar-refractivity contribution < 1.29 is 14.3 Å². The lowest BCUT2D eigenvalue weighted by Crippen LogP contribution is -2.25. The first-order valence-corrected chi connectivity index (χ1v) is 9.08. The standard InChI is InChI=1S/C21H22N4O3/c1-13-20-16(15-6-8-22-9-7-15)11-19(26)23-21(20)25(24-13)12-14-4-5-17(27-2)18(10-14)28-3/h4-10,16H,11-12H2,1-3H3,(H,23,26). The first kappa shape index (κ1) is 18.0. The molecule has 3 aromatic rings. The van der Waals surface area contributed by atoms with E-state index in [2.05, 4.69) is 10.3 Å². The quantitative estimate of drug-likeness (QED) is 0.738. The predicted molar refractivity (Wildman–Crippen MR) is 105 cm³/mol. The van der Waals surface area contributed by atoms with Gasteiger partial charge < -0.3 is 14.8 Å². The number of nitrogens with one attached hydrogen (secondary N) is 1. The van der Waals surface area contributed by atoms with Crippen molar-refractivity contribution in [3.05, 3.63) is 65.1 Å². The molecule has 3 heterocycles. The van der Waals surface area contributed by atoms with Crippen molar-refractivity contribution in [3.8, 4) is 11.5 Å². The highest BCUT2D eigenvalue weighted by molar-refractivity contribution is 5.94. The highest BCUT2D eigenvalue weighted by Crippen LogP contribution is 2.39. The average molecular weight is 378 g/mol. The maximum absolute atomic E-state index is 12.4. The van der Waals surface area contributed by atoms with E-state index in [1.54, 1.807) is 26.6 Å². The molecule has 0 bridgehead atoms. The van der Waals surface area contributed by atoms with Crippen LogP contribution in [0.2, 0.25) is 0 Å². The molecule has 0 saturated carbocycles. The minimum absolute atomic E-state index is 0.0113. The highest BCUT2D eigenvalue weighted by atomic mass is 16.5. The number of nitrogens with zero attached hydrogens (tertiary/aromatic N) is 3. The largest absolute Gasteiger partial charge is 0.493 e. The summed E-state index contributed by atoms with van der Waals surface area (Å²) in [5, 5.41) is 7.72. The fraction of sp³-hybridized carbons (Fsp3) is 0.286. The average Bonchev–Trinajstić information content (AvgIpc) is 3.03. The molecule has 0 saturated heterocycles. The normalized spacial score (nSPS) is 15.7. The SMILES string of the molecule is COc1ccc(Cn2nc(C)c3c2NC(=O)CC3c2ccncc2)cc1OC. The minimum atomic E-state index is -0.0223. The Hall–Kier alpha value is -3.35. The summed E-state index contributed by atoms with van der Waals surface area (Å²) in [6.45, 7) is 2.50. The molecule has 0 radical (unpaired) electrons. The van der Waals surface area contributed by atoms with Gasteiger partial charge in [0, 0.05) is 30.3 Å². The molecule has 1 aromatic carbocycles. The number of fused-ring (bicyclic) bond motifs is 1. The number of benzene rings is 1. The Balaban J connectivity index is 1.72. The van der Waals surface area contributed by atoms with Crippen LogP contribution in [0.15, 0.2) is 42.7 Å². The summed E-state index contributed by atoms with van der Waals surface area (Å²) >= 11 is 0. The van der Waals surface area contributed by atoms with E-state index in [4.69, 9.17) is 14.6 Å². The Morgan fingerprint density at radius 1 is 1.14 bits per heavy atom. The third-order valence-electron chi connectivity index (χ3n) is 5.06. The van der Waals surface area contributed by atoms with Crippen molar-refractivity contribution in [2.45, 2.75) is 25.8 Å². The Morgan fingerprint density at radius 2 is 1.89 bits per heavy atom. The number of carbonyl (C=O) groups excluding carboxylic acids is 1. The van der Waals surface area contributed by atoms with Gasteiger partial charge in [-0.2, -0.15) is 5.10 Å². The third kappa shape index (κ3) is 3.19. The molecule has 1 unspecified atom stereocenters. The number of carbonyl (C=O) groups is 1. The molecular weight excluding hydrogens is 356 g/mol. The third-order valence-corrected chi connectivity index (χ3v) is 5.06. The van der Waals surface area contributed by atoms with Crippen LogP contribution in [0.25, 0.3) is 0 Å². The van der Waals surface area contributed by atoms with Gasteiger partial charge in [-0.15, -0.1) is 0 Å². The van der Waals surface area contributed by atoms with Gasteiger partial charge in [0.2, 0.25) is 5.91 Å². The van der Waals surface area contributed by atoms with Crippen LogP contribution in [0.4, 0.5) is 5.82 Å². The lowest BCUT2D eigenvalue weighted by molar-refractivity contribution is -0.116. The molecule has 28 heavy (non-hydrogen) atoms. The van der Waals surface area contributed by atoms with Gasteiger partial charge in [-0.25, -0.2) is 4.68 Å². The zero-order chi connectivity index (χ0) is 19.7. The molecule has 0 aliphatic carbocycles. The smallest absolute Gasteiger partial charge is 0.226 e. The van der Waals surface area contributed by atoms with Gasteiger partial charge in [-0.3, -0.25) is 9.78 Å². The summed E-state index contributed by atoms with van der Waals surface area (Å²) < 4.78 is 12.5. The minimum Gasteiger partial charge on any atom is -0.493 e. The summed E-state index contributed by atoms with van der Waals surface area (Å²) in [4.78, 5) is 16.5. The number of ether oxygens (including phenoxy) is 2. The van der Waals surface area contributed by atoms with Crippen molar-refractivity contribution in [2.75, 3.05) is 19.5 Å². The van der Waals surface area contributed by atoms with Gasteiger partial charge in [0.05, 0.1) is 26.5 Å². The van der Waals surface area contributed by atoms with E-state index in [1.165, 1.54) is 0 Å². The Bertz CT molecular complexity index is 1010. The molecule has 1 aliphatic rings. The highest BCUT2D eigenvalue weighted by Gasteiger charge is 2.32. The molecule has 1 N–H and O–H groups in total. The lowest BCUT2D eigenvalue weighted by atomic mass is 9.86. The number of methoxy groups -OCH3 is 2. The second kappa shape index (κ2) is 7.34. The van der Waals surface area contributed by atoms with Crippen molar-refractivity contribution in [1.29, 1.82) is 0 Å². The number of rotatable bonds is 5. The van der Waals surface area contributed by atoms with Crippen LogP contribution >= 0.6 is 0 Å². The Kier molecular flexibility index (Phi) is 4.73. The summed E-state index contributed by atoms with van der Waals surface area (Å²) in [5.74, 6) is 2.06. The number of aryl methyl sites for hydroxylation is 1. The van der Waals surface area contributed by atoms with Crippen LogP contribution in [0.5, 0.6) is 11.5 Å². The molecule has 1 atom stereocenters. The van der Waals surface area contributed by atoms with Gasteiger partial charge in [0.15, 0.2) is 11.5 Å². The van der Waals surface area contributed by atoms with Crippen LogP contribution in [-0.4, -0.2) is 34.9 Å². The maximum Gasteiger partial charge on any atom is 0.226 e. The fourth-order valence-corrected chi connectivity index (χ4v) is 3.76. The van der Waals surface area contributed by atoms with Gasteiger partial charge in [-0.05, 0) is 42.3 Å². The number of hydrogen-bond donors (Lipinski definition) is 1. The van der Waals surface area contributed by atoms with E-state index in [1.807, 2.05) is 41.9 Å². The van der Waals surface area contributed by atoms with E-state index in [9.17, 15) is 4.79 Å². The summed E-state index contributed by atoms with van der Waals surface area (Å²) in [7, 11) is 3.22. The fourth-order valence-electron chi connectivity index (χ4n) is 3.76. The zero-order valence-corrected chi connectivity index (χ0v) is 16.1. The molecule has 144 valence electrons. The van der Waals surface area contributed by atoms with Crippen LogP contribution in [0.3, 0.4) is 0 Å². The zero-order valence-electron chi connectivity index (χ0n) is 16.1. The molecule has 0 spiro atoms. The number of aromatic nitrogens is 3. The Labute approximate surface area is 163 Å². The molecule has 1 aliphatic heterocycles. The predicted octanol–water partition coefficient (Wildman–Crippen LogP) is 3.13. The number of anilines is 1. The van der Waals surface area contributed by atoms with Crippen molar-refractivity contribution in [2.24, 2.45) is 0 Å². The van der Waals surface area contributed by atoms with Gasteiger partial charge in [-0.1, -0.05) is 6.07 Å². The van der Waals surface area contributed by atoms with Crippen LogP contribution in [0, 0.1) is 6.92 Å². The monoisotopic (exact) mass is 378 g/mol. The second-order valence-electron chi connectivity index (χ2n) is 6.78. The maximum atomic E-state index is 12.4. The molecule has 2 aromatic heterocycles. The van der Waals surface area contributed by atoms with Crippen molar-refractivity contribution >= 4 is 11.7 Å². The van der Waals surface area contributed by atoms with E-state index >= 15 is 0 Å². The van der Waals surface area contributed by atoms with Crippen LogP contribution in [0.1, 0.15) is 34.7 Å². The summed E-state index contributed by atoms with van der Waals surface area (Å²) in [6, 6.07) is 9.68. The first-order valence-electron chi connectivity index (χ1n) is 9.08. The van der Waals surface area contributed by atoms with Gasteiger partial charge in [0.25, 0.3) is 0 Å². The van der Waals surface area contributed by atoms with Crippen LogP contribution in [-0.2, 0) is 11.3 Å². The van der Waals surface area contributed by atoms with Crippen LogP contribution < -0.4 is 14.8 Å². The van der Waals surface area contributed by atoms with E-state index < -0.39 is 0 Å². The molecular formula is C21H22N4O3. The summed E-state index contributed by atoms with van der Waals surface area (Å²) in [6.07, 6.45) is 3.91. The molecule has 4 rings (SSSR count). The molecule has 0 fully saturated rings. The molecule has 1 amide bonds. The molecule has 7 nitrogen and oxygen atoms in total. The second-order valence-corrected chi connectivity index (χ2v) is 6.78. The van der Waals surface area contributed by atoms with Gasteiger partial charge in [0.1, 0.15) is 5.82 Å². The van der Waals surface area contributed by atoms with Crippen molar-refractivity contribution in [3.63, 3.8) is 0 Å². The first-order chi connectivity index (χ1) is 13.6. The number of hydrogen-bond acceptors (Lipinski definition) is 5. The van der Waals surface area contributed by atoms with Gasteiger partial charge >= 0.3 is 0 Å². The topological polar surface area (TPSA) is 78.3 Å².